The predicted molar refractivity (Wildman–Crippen MR) is 60.5 cm³/mol. The van der Waals surface area contributed by atoms with Gasteiger partial charge in [0.15, 0.2) is 0 Å². The molecule has 1 unspecified atom stereocenters. The number of benzene rings is 1. The van der Waals surface area contributed by atoms with Gasteiger partial charge in [-0.3, -0.25) is 0 Å². The van der Waals surface area contributed by atoms with E-state index in [0.717, 1.165) is 11.6 Å². The smallest absolute Gasteiger partial charge is 0.0409 e. The van der Waals surface area contributed by atoms with E-state index in [4.69, 9.17) is 11.6 Å². The van der Waals surface area contributed by atoms with E-state index in [9.17, 15) is 0 Å². The van der Waals surface area contributed by atoms with Crippen LogP contribution in [0.2, 0.25) is 5.02 Å². The minimum absolute atomic E-state index is 0.499. The van der Waals surface area contributed by atoms with Crippen molar-refractivity contribution in [2.24, 2.45) is 5.41 Å². The van der Waals surface area contributed by atoms with Crippen molar-refractivity contribution in [2.45, 2.75) is 32.9 Å². The highest BCUT2D eigenvalue weighted by atomic mass is 35.5. The minimum atomic E-state index is 0.499. The van der Waals surface area contributed by atoms with Crippen LogP contribution < -0.4 is 5.32 Å². The van der Waals surface area contributed by atoms with Crippen LogP contribution in [0.5, 0.6) is 0 Å². The molecule has 1 aliphatic rings. The first-order chi connectivity index (χ1) is 6.58. The molecule has 1 aliphatic carbocycles. The van der Waals surface area contributed by atoms with Crippen LogP contribution in [-0.2, 0) is 6.54 Å². The third-order valence-electron chi connectivity index (χ3n) is 2.96. The molecule has 76 valence electrons. The Bertz CT molecular complexity index is 333. The molecule has 2 rings (SSSR count). The van der Waals surface area contributed by atoms with Crippen LogP contribution >= 0.6 is 11.6 Å². The van der Waals surface area contributed by atoms with E-state index < -0.39 is 0 Å². The van der Waals surface area contributed by atoms with Crippen molar-refractivity contribution in [2.75, 3.05) is 0 Å². The zero-order valence-electron chi connectivity index (χ0n) is 8.68. The lowest BCUT2D eigenvalue weighted by Crippen LogP contribution is -2.19. The van der Waals surface area contributed by atoms with Gasteiger partial charge in [-0.1, -0.05) is 37.6 Å². The number of rotatable bonds is 3. The molecule has 0 bridgehead atoms. The molecule has 2 heteroatoms. The van der Waals surface area contributed by atoms with Crippen molar-refractivity contribution in [1.29, 1.82) is 0 Å². The molecular weight excluding hydrogens is 194 g/mol. The Balaban J connectivity index is 1.87. The highest BCUT2D eigenvalue weighted by Gasteiger charge is 2.44. The molecular formula is C12H16ClN. The molecule has 1 fully saturated rings. The van der Waals surface area contributed by atoms with Gasteiger partial charge in [0, 0.05) is 17.6 Å². The van der Waals surface area contributed by atoms with Gasteiger partial charge in [0.05, 0.1) is 0 Å². The molecule has 0 saturated heterocycles. The lowest BCUT2D eigenvalue weighted by atomic mass is 10.2. The molecule has 0 spiro atoms. The van der Waals surface area contributed by atoms with Gasteiger partial charge < -0.3 is 5.32 Å². The third-order valence-corrected chi connectivity index (χ3v) is 3.19. The van der Waals surface area contributed by atoms with Crippen LogP contribution in [0, 0.1) is 5.41 Å². The van der Waals surface area contributed by atoms with Gasteiger partial charge >= 0.3 is 0 Å². The maximum atomic E-state index is 5.90. The summed E-state index contributed by atoms with van der Waals surface area (Å²) in [7, 11) is 0. The van der Waals surface area contributed by atoms with Crippen LogP contribution in [0.25, 0.3) is 0 Å². The summed E-state index contributed by atoms with van der Waals surface area (Å²) in [6.45, 7) is 5.51. The lowest BCUT2D eigenvalue weighted by Gasteiger charge is -2.06. The van der Waals surface area contributed by atoms with Gasteiger partial charge in [0.25, 0.3) is 0 Å². The fourth-order valence-electron chi connectivity index (χ4n) is 1.70. The van der Waals surface area contributed by atoms with Crippen molar-refractivity contribution < 1.29 is 0 Å². The fraction of sp³-hybridized carbons (Fsp3) is 0.500. The van der Waals surface area contributed by atoms with Crippen LogP contribution in [0.4, 0.5) is 0 Å². The quantitative estimate of drug-likeness (QED) is 0.806. The highest BCUT2D eigenvalue weighted by Crippen LogP contribution is 2.44. The first kappa shape index (κ1) is 10.0. The van der Waals surface area contributed by atoms with Crippen LogP contribution in [-0.4, -0.2) is 6.04 Å². The van der Waals surface area contributed by atoms with Crippen molar-refractivity contribution >= 4 is 11.6 Å². The van der Waals surface area contributed by atoms with Gasteiger partial charge in [-0.2, -0.15) is 0 Å². The maximum Gasteiger partial charge on any atom is 0.0409 e. The summed E-state index contributed by atoms with van der Waals surface area (Å²) in [6.07, 6.45) is 1.29. The summed E-state index contributed by atoms with van der Waals surface area (Å²) in [4.78, 5) is 0. The van der Waals surface area contributed by atoms with E-state index in [1.165, 1.54) is 12.0 Å². The van der Waals surface area contributed by atoms with E-state index in [1.807, 2.05) is 18.2 Å². The first-order valence-electron chi connectivity index (χ1n) is 5.06. The normalized spacial score (nSPS) is 23.5. The molecule has 14 heavy (non-hydrogen) atoms. The third kappa shape index (κ3) is 2.28. The second-order valence-corrected chi connectivity index (χ2v) is 5.19. The molecule has 0 aliphatic heterocycles. The number of hydrogen-bond acceptors (Lipinski definition) is 1. The minimum Gasteiger partial charge on any atom is -0.309 e. The van der Waals surface area contributed by atoms with E-state index in [-0.39, 0.29) is 0 Å². The fourth-order valence-corrected chi connectivity index (χ4v) is 1.92. The second kappa shape index (κ2) is 3.56. The molecule has 0 aromatic heterocycles. The summed E-state index contributed by atoms with van der Waals surface area (Å²) < 4.78 is 0. The summed E-state index contributed by atoms with van der Waals surface area (Å²) in [6, 6.07) is 8.71. The number of halogens is 1. The standard InChI is InChI=1S/C12H16ClN/c1-12(2)7-11(12)14-8-9-4-3-5-10(13)6-9/h3-6,11,14H,7-8H2,1-2H3. The Morgan fingerprint density at radius 1 is 1.50 bits per heavy atom. The van der Waals surface area contributed by atoms with Gasteiger partial charge in [0.2, 0.25) is 0 Å². The molecule has 1 N–H and O–H groups in total. The van der Waals surface area contributed by atoms with Crippen LogP contribution in [0.1, 0.15) is 25.8 Å². The average molecular weight is 210 g/mol. The van der Waals surface area contributed by atoms with Gasteiger partial charge in [-0.05, 0) is 29.5 Å². The Morgan fingerprint density at radius 3 is 2.79 bits per heavy atom. The molecule has 1 aromatic carbocycles. The summed E-state index contributed by atoms with van der Waals surface area (Å²) in [5, 5.41) is 4.35. The first-order valence-corrected chi connectivity index (χ1v) is 5.43. The largest absolute Gasteiger partial charge is 0.309 e. The Morgan fingerprint density at radius 2 is 2.21 bits per heavy atom. The Kier molecular flexibility index (Phi) is 2.54. The molecule has 1 aromatic rings. The predicted octanol–water partition coefficient (Wildman–Crippen LogP) is 3.23. The monoisotopic (exact) mass is 209 g/mol. The van der Waals surface area contributed by atoms with Crippen LogP contribution in [0.3, 0.4) is 0 Å². The summed E-state index contributed by atoms with van der Waals surface area (Å²) in [5.41, 5.74) is 1.76. The van der Waals surface area contributed by atoms with Gasteiger partial charge in [0.1, 0.15) is 0 Å². The molecule has 1 nitrogen and oxygen atoms in total. The SMILES string of the molecule is CC1(C)CC1NCc1cccc(Cl)c1. The number of nitrogens with one attached hydrogen (secondary N) is 1. The Hall–Kier alpha value is -0.530. The summed E-state index contributed by atoms with van der Waals surface area (Å²) >= 11 is 5.90. The van der Waals surface area contributed by atoms with Crippen molar-refractivity contribution in [3.8, 4) is 0 Å². The van der Waals surface area contributed by atoms with Crippen molar-refractivity contribution in [3.63, 3.8) is 0 Å². The van der Waals surface area contributed by atoms with E-state index in [0.29, 0.717) is 11.5 Å². The molecule has 0 radical (unpaired) electrons. The van der Waals surface area contributed by atoms with E-state index >= 15 is 0 Å². The zero-order valence-corrected chi connectivity index (χ0v) is 9.43. The second-order valence-electron chi connectivity index (χ2n) is 4.76. The summed E-state index contributed by atoms with van der Waals surface area (Å²) in [5.74, 6) is 0. The number of hydrogen-bond donors (Lipinski definition) is 1. The van der Waals surface area contributed by atoms with E-state index in [2.05, 4.69) is 25.2 Å². The Labute approximate surface area is 90.5 Å². The van der Waals surface area contributed by atoms with Crippen LogP contribution in [0.15, 0.2) is 24.3 Å². The van der Waals surface area contributed by atoms with E-state index in [1.54, 1.807) is 0 Å². The molecule has 1 saturated carbocycles. The maximum absolute atomic E-state index is 5.90. The molecule has 0 heterocycles. The van der Waals surface area contributed by atoms with Crippen molar-refractivity contribution in [1.82, 2.24) is 5.32 Å². The topological polar surface area (TPSA) is 12.0 Å². The average Bonchev–Trinajstić information content (AvgIpc) is 2.71. The highest BCUT2D eigenvalue weighted by molar-refractivity contribution is 6.30. The molecule has 1 atom stereocenters. The lowest BCUT2D eigenvalue weighted by molar-refractivity contribution is 0.542. The van der Waals surface area contributed by atoms with Crippen molar-refractivity contribution in [3.05, 3.63) is 34.9 Å². The van der Waals surface area contributed by atoms with Gasteiger partial charge in [-0.15, -0.1) is 0 Å². The zero-order chi connectivity index (χ0) is 10.2. The van der Waals surface area contributed by atoms with Gasteiger partial charge in [-0.25, -0.2) is 0 Å². The molecule has 0 amide bonds.